The molecular formula is C15H20N2O. The monoisotopic (exact) mass is 244 g/mol. The van der Waals surface area contributed by atoms with E-state index in [9.17, 15) is 0 Å². The van der Waals surface area contributed by atoms with Crippen LogP contribution < -0.4 is 4.74 Å². The zero-order valence-electron chi connectivity index (χ0n) is 11.5. The van der Waals surface area contributed by atoms with Gasteiger partial charge in [-0.25, -0.2) is 4.98 Å². The first-order chi connectivity index (χ1) is 8.58. The van der Waals surface area contributed by atoms with Crippen LogP contribution in [0.2, 0.25) is 0 Å². The van der Waals surface area contributed by atoms with Crippen LogP contribution in [0, 0.1) is 13.8 Å². The van der Waals surface area contributed by atoms with E-state index in [1.807, 2.05) is 38.1 Å². The fourth-order valence-corrected chi connectivity index (χ4v) is 2.01. The molecule has 3 heteroatoms. The molecule has 96 valence electrons. The molecule has 0 saturated heterocycles. The number of ether oxygens (including phenoxy) is 1. The summed E-state index contributed by atoms with van der Waals surface area (Å²) in [7, 11) is 0. The highest BCUT2D eigenvalue weighted by atomic mass is 16.5. The third-order valence-electron chi connectivity index (χ3n) is 2.99. The van der Waals surface area contributed by atoms with Crippen LogP contribution in [0.25, 0.3) is 0 Å². The summed E-state index contributed by atoms with van der Waals surface area (Å²) in [6, 6.07) is 8.47. The zero-order chi connectivity index (χ0) is 13.1. The van der Waals surface area contributed by atoms with Crippen molar-refractivity contribution in [2.24, 2.45) is 0 Å². The molecule has 1 aromatic heterocycles. The lowest BCUT2D eigenvalue weighted by Crippen LogP contribution is -2.01. The van der Waals surface area contributed by atoms with Gasteiger partial charge in [0.25, 0.3) is 0 Å². The van der Waals surface area contributed by atoms with E-state index in [4.69, 9.17) is 4.74 Å². The lowest BCUT2D eigenvalue weighted by molar-refractivity contribution is 0.299. The summed E-state index contributed by atoms with van der Waals surface area (Å²) in [6.45, 7) is 8.90. The van der Waals surface area contributed by atoms with Gasteiger partial charge >= 0.3 is 0 Å². The molecule has 1 aromatic carbocycles. The van der Waals surface area contributed by atoms with Gasteiger partial charge in [0, 0.05) is 12.2 Å². The van der Waals surface area contributed by atoms with Gasteiger partial charge in [-0.1, -0.05) is 18.2 Å². The maximum absolute atomic E-state index is 5.80. The van der Waals surface area contributed by atoms with E-state index in [0.29, 0.717) is 12.6 Å². The summed E-state index contributed by atoms with van der Waals surface area (Å²) < 4.78 is 7.96. The average molecular weight is 244 g/mol. The van der Waals surface area contributed by atoms with Crippen molar-refractivity contribution in [3.8, 4) is 5.75 Å². The van der Waals surface area contributed by atoms with Crippen LogP contribution in [0.1, 0.15) is 37.0 Å². The molecule has 3 nitrogen and oxygen atoms in total. The molecule has 0 atom stereocenters. The molecule has 0 amide bonds. The SMILES string of the molecule is Cc1ccccc1OCc1cn(C(C)C)c(C)n1. The van der Waals surface area contributed by atoms with Crippen LogP contribution in [-0.2, 0) is 6.61 Å². The summed E-state index contributed by atoms with van der Waals surface area (Å²) >= 11 is 0. The minimum absolute atomic E-state index is 0.435. The number of para-hydroxylation sites is 1. The lowest BCUT2D eigenvalue weighted by atomic mass is 10.2. The van der Waals surface area contributed by atoms with E-state index in [-0.39, 0.29) is 0 Å². The summed E-state index contributed by atoms with van der Waals surface area (Å²) in [4.78, 5) is 4.51. The highest BCUT2D eigenvalue weighted by Gasteiger charge is 2.07. The molecule has 0 aliphatic carbocycles. The first kappa shape index (κ1) is 12.7. The fraction of sp³-hybridized carbons (Fsp3) is 0.400. The van der Waals surface area contributed by atoms with E-state index in [0.717, 1.165) is 22.8 Å². The Morgan fingerprint density at radius 3 is 2.56 bits per heavy atom. The van der Waals surface area contributed by atoms with Gasteiger partial charge in [0.15, 0.2) is 0 Å². The zero-order valence-corrected chi connectivity index (χ0v) is 11.5. The third kappa shape index (κ3) is 2.73. The Hall–Kier alpha value is -1.77. The Morgan fingerprint density at radius 1 is 1.22 bits per heavy atom. The summed E-state index contributed by atoms with van der Waals surface area (Å²) in [6.07, 6.45) is 2.07. The summed E-state index contributed by atoms with van der Waals surface area (Å²) in [5.41, 5.74) is 2.13. The van der Waals surface area contributed by atoms with E-state index < -0.39 is 0 Å². The van der Waals surface area contributed by atoms with Gasteiger partial charge in [-0.15, -0.1) is 0 Å². The largest absolute Gasteiger partial charge is 0.487 e. The standard InChI is InChI=1S/C15H20N2O/c1-11(2)17-9-14(16-13(17)4)10-18-15-8-6-5-7-12(15)3/h5-9,11H,10H2,1-4H3. The second kappa shape index (κ2) is 5.25. The van der Waals surface area contributed by atoms with Crippen LogP contribution in [0.3, 0.4) is 0 Å². The van der Waals surface area contributed by atoms with Crippen LogP contribution in [-0.4, -0.2) is 9.55 Å². The number of hydrogen-bond donors (Lipinski definition) is 0. The summed E-state index contributed by atoms with van der Waals surface area (Å²) in [5.74, 6) is 1.96. The van der Waals surface area contributed by atoms with Gasteiger partial charge in [-0.05, 0) is 39.3 Å². The molecule has 18 heavy (non-hydrogen) atoms. The highest BCUT2D eigenvalue weighted by Crippen LogP contribution is 2.18. The van der Waals surface area contributed by atoms with Crippen LogP contribution in [0.4, 0.5) is 0 Å². The first-order valence-corrected chi connectivity index (χ1v) is 6.30. The molecule has 0 fully saturated rings. The third-order valence-corrected chi connectivity index (χ3v) is 2.99. The molecule has 0 N–H and O–H groups in total. The molecule has 2 rings (SSSR count). The van der Waals surface area contributed by atoms with Gasteiger partial charge in [0.1, 0.15) is 18.2 Å². The van der Waals surface area contributed by atoms with Gasteiger partial charge in [0.05, 0.1) is 5.69 Å². The van der Waals surface area contributed by atoms with Gasteiger partial charge in [0.2, 0.25) is 0 Å². The predicted molar refractivity (Wildman–Crippen MR) is 72.9 cm³/mol. The number of hydrogen-bond acceptors (Lipinski definition) is 2. The van der Waals surface area contributed by atoms with Gasteiger partial charge in [-0.3, -0.25) is 0 Å². The van der Waals surface area contributed by atoms with E-state index >= 15 is 0 Å². The second-order valence-electron chi connectivity index (χ2n) is 4.83. The molecule has 0 radical (unpaired) electrons. The Labute approximate surface area is 108 Å². The highest BCUT2D eigenvalue weighted by molar-refractivity contribution is 5.31. The lowest BCUT2D eigenvalue weighted by Gasteiger charge is -2.08. The Morgan fingerprint density at radius 2 is 1.94 bits per heavy atom. The molecule has 0 aliphatic rings. The van der Waals surface area contributed by atoms with Crippen molar-refractivity contribution in [2.45, 2.75) is 40.3 Å². The molecule has 1 heterocycles. The van der Waals surface area contributed by atoms with Crippen molar-refractivity contribution in [1.82, 2.24) is 9.55 Å². The number of imidazole rings is 1. The molecule has 0 spiro atoms. The van der Waals surface area contributed by atoms with Crippen molar-refractivity contribution in [1.29, 1.82) is 0 Å². The normalized spacial score (nSPS) is 10.9. The maximum atomic E-state index is 5.80. The Bertz CT molecular complexity index is 529. The molecule has 2 aromatic rings. The first-order valence-electron chi connectivity index (χ1n) is 6.30. The quantitative estimate of drug-likeness (QED) is 0.820. The average Bonchev–Trinajstić information content (AvgIpc) is 2.70. The van der Waals surface area contributed by atoms with Gasteiger partial charge in [-0.2, -0.15) is 0 Å². The smallest absolute Gasteiger partial charge is 0.132 e. The van der Waals surface area contributed by atoms with Gasteiger partial charge < -0.3 is 9.30 Å². The second-order valence-corrected chi connectivity index (χ2v) is 4.83. The van der Waals surface area contributed by atoms with Crippen molar-refractivity contribution in [3.05, 3.63) is 47.5 Å². The molecule has 0 saturated carbocycles. The minimum atomic E-state index is 0.435. The number of aryl methyl sites for hydroxylation is 2. The van der Waals surface area contributed by atoms with E-state index in [1.54, 1.807) is 0 Å². The Balaban J connectivity index is 2.07. The molecule has 0 aliphatic heterocycles. The van der Waals surface area contributed by atoms with Crippen LogP contribution in [0.15, 0.2) is 30.5 Å². The Kier molecular flexibility index (Phi) is 3.70. The number of nitrogens with zero attached hydrogens (tertiary/aromatic N) is 2. The minimum Gasteiger partial charge on any atom is -0.487 e. The molecular weight excluding hydrogens is 224 g/mol. The van der Waals surface area contributed by atoms with E-state index in [2.05, 4.69) is 29.6 Å². The fourth-order valence-electron chi connectivity index (χ4n) is 2.01. The van der Waals surface area contributed by atoms with Crippen LogP contribution >= 0.6 is 0 Å². The molecule has 0 bridgehead atoms. The number of benzene rings is 1. The van der Waals surface area contributed by atoms with Crippen molar-refractivity contribution < 1.29 is 4.74 Å². The summed E-state index contributed by atoms with van der Waals surface area (Å²) in [5, 5.41) is 0. The van der Waals surface area contributed by atoms with Crippen molar-refractivity contribution in [3.63, 3.8) is 0 Å². The van der Waals surface area contributed by atoms with Crippen LogP contribution in [0.5, 0.6) is 5.75 Å². The van der Waals surface area contributed by atoms with Crippen molar-refractivity contribution in [2.75, 3.05) is 0 Å². The molecule has 0 unspecified atom stereocenters. The van der Waals surface area contributed by atoms with Crippen molar-refractivity contribution >= 4 is 0 Å². The number of aromatic nitrogens is 2. The topological polar surface area (TPSA) is 27.1 Å². The van der Waals surface area contributed by atoms with E-state index in [1.165, 1.54) is 0 Å². The number of rotatable bonds is 4. The predicted octanol–water partition coefficient (Wildman–Crippen LogP) is 3.66. The maximum Gasteiger partial charge on any atom is 0.132 e.